The molecule has 0 spiro atoms. The molecule has 1 aromatic rings. The van der Waals surface area contributed by atoms with Crippen LogP contribution >= 0.6 is 0 Å². The van der Waals surface area contributed by atoms with Crippen LogP contribution in [0.25, 0.3) is 0 Å². The fraction of sp³-hybridized carbons (Fsp3) is 0.533. The third-order valence-electron chi connectivity index (χ3n) is 3.96. The second-order valence-electron chi connectivity index (χ2n) is 4.97. The Balaban J connectivity index is 2.32. The smallest absolute Gasteiger partial charge is 0.247 e. The molecule has 2 rings (SSSR count). The fourth-order valence-electron chi connectivity index (χ4n) is 2.79. The van der Waals surface area contributed by atoms with E-state index in [1.807, 2.05) is 13.8 Å². The van der Waals surface area contributed by atoms with Gasteiger partial charge in [-0.1, -0.05) is 19.1 Å². The maximum Gasteiger partial charge on any atom is 0.247 e. The third-order valence-corrected chi connectivity index (χ3v) is 3.96. The molecule has 3 nitrogen and oxygen atoms in total. The average Bonchev–Trinajstić information content (AvgIpc) is 2.91. The first kappa shape index (κ1) is 14.0. The van der Waals surface area contributed by atoms with Crippen molar-refractivity contribution in [3.8, 4) is 0 Å². The van der Waals surface area contributed by atoms with Gasteiger partial charge in [0.05, 0.1) is 11.2 Å². The Morgan fingerprint density at radius 1 is 1.42 bits per heavy atom. The lowest BCUT2D eigenvalue weighted by atomic mass is 9.92. The van der Waals surface area contributed by atoms with E-state index in [4.69, 9.17) is 0 Å². The summed E-state index contributed by atoms with van der Waals surface area (Å²) in [6, 6.07) is 6.45. The standard InChI is InChI=1S/C15H21FN2O/c1-3-15(10-7-11-17-15)14(19)18(4-2)13-9-6-5-8-12(13)16/h5-6,8-9,17H,3-4,7,10-11H2,1-2H3. The normalized spacial score (nSPS) is 22.5. The topological polar surface area (TPSA) is 32.3 Å². The number of carbonyl (C=O) groups is 1. The first-order valence-corrected chi connectivity index (χ1v) is 6.96. The number of rotatable bonds is 4. The van der Waals surface area contributed by atoms with E-state index in [0.29, 0.717) is 12.2 Å². The SMILES string of the molecule is CCN(C(=O)C1(CC)CCCN1)c1ccccc1F. The van der Waals surface area contributed by atoms with E-state index >= 15 is 0 Å². The molecule has 4 heteroatoms. The number of hydrogen-bond donors (Lipinski definition) is 1. The van der Waals surface area contributed by atoms with Gasteiger partial charge in [0.1, 0.15) is 5.82 Å². The van der Waals surface area contributed by atoms with Crippen LogP contribution in [0.3, 0.4) is 0 Å². The molecule has 0 bridgehead atoms. The predicted molar refractivity (Wildman–Crippen MR) is 74.7 cm³/mol. The molecule has 104 valence electrons. The van der Waals surface area contributed by atoms with Gasteiger partial charge in [-0.3, -0.25) is 4.79 Å². The molecule has 0 aliphatic carbocycles. The molecule has 1 fully saturated rings. The molecule has 1 aliphatic heterocycles. The highest BCUT2D eigenvalue weighted by molar-refractivity contribution is 6.00. The van der Waals surface area contributed by atoms with Crippen molar-refractivity contribution in [1.82, 2.24) is 5.32 Å². The minimum absolute atomic E-state index is 0.0138. The van der Waals surface area contributed by atoms with Crippen molar-refractivity contribution in [1.29, 1.82) is 0 Å². The number of para-hydroxylation sites is 1. The second kappa shape index (κ2) is 5.70. The van der Waals surface area contributed by atoms with Crippen LogP contribution in [0.15, 0.2) is 24.3 Å². The summed E-state index contributed by atoms with van der Waals surface area (Å²) in [5, 5.41) is 3.31. The minimum atomic E-state index is -0.516. The molecule has 1 aromatic carbocycles. The van der Waals surface area contributed by atoms with E-state index in [9.17, 15) is 9.18 Å². The van der Waals surface area contributed by atoms with Crippen LogP contribution in [0.5, 0.6) is 0 Å². The molecule has 1 aliphatic rings. The van der Waals surface area contributed by atoms with Gasteiger partial charge >= 0.3 is 0 Å². The molecule has 1 amide bonds. The lowest BCUT2D eigenvalue weighted by molar-refractivity contribution is -0.124. The number of anilines is 1. The van der Waals surface area contributed by atoms with E-state index in [2.05, 4.69) is 5.32 Å². The lowest BCUT2D eigenvalue weighted by Crippen LogP contribution is -2.55. The van der Waals surface area contributed by atoms with Crippen molar-refractivity contribution in [3.05, 3.63) is 30.1 Å². The van der Waals surface area contributed by atoms with Crippen molar-refractivity contribution in [3.63, 3.8) is 0 Å². The van der Waals surface area contributed by atoms with Gasteiger partial charge in [-0.2, -0.15) is 0 Å². The number of benzene rings is 1. The number of hydrogen-bond acceptors (Lipinski definition) is 2. The van der Waals surface area contributed by atoms with Crippen LogP contribution in [0.1, 0.15) is 33.1 Å². The van der Waals surface area contributed by atoms with Crippen LogP contribution in [0.2, 0.25) is 0 Å². The van der Waals surface area contributed by atoms with E-state index in [0.717, 1.165) is 25.8 Å². The molecule has 1 heterocycles. The zero-order valence-electron chi connectivity index (χ0n) is 11.6. The molecule has 1 unspecified atom stereocenters. The Hall–Kier alpha value is -1.42. The maximum absolute atomic E-state index is 13.9. The number of carbonyl (C=O) groups excluding carboxylic acids is 1. The van der Waals surface area contributed by atoms with Crippen molar-refractivity contribution >= 4 is 11.6 Å². The highest BCUT2D eigenvalue weighted by atomic mass is 19.1. The summed E-state index contributed by atoms with van der Waals surface area (Å²) in [5.74, 6) is -0.359. The van der Waals surface area contributed by atoms with Gasteiger partial charge in [0.2, 0.25) is 5.91 Å². The van der Waals surface area contributed by atoms with Crippen molar-refractivity contribution in [2.45, 2.75) is 38.6 Å². The molecule has 0 saturated carbocycles. The van der Waals surface area contributed by atoms with Crippen LogP contribution in [-0.2, 0) is 4.79 Å². The summed E-state index contributed by atoms with van der Waals surface area (Å²) in [6.07, 6.45) is 2.55. The first-order valence-electron chi connectivity index (χ1n) is 6.96. The molecule has 19 heavy (non-hydrogen) atoms. The van der Waals surface area contributed by atoms with Crippen LogP contribution in [0.4, 0.5) is 10.1 Å². The Labute approximate surface area is 113 Å². The van der Waals surface area contributed by atoms with Gasteiger partial charge in [0.15, 0.2) is 0 Å². The number of halogens is 1. The molecular weight excluding hydrogens is 243 g/mol. The van der Waals surface area contributed by atoms with E-state index in [-0.39, 0.29) is 11.7 Å². The lowest BCUT2D eigenvalue weighted by Gasteiger charge is -2.33. The Morgan fingerprint density at radius 3 is 2.68 bits per heavy atom. The van der Waals surface area contributed by atoms with Crippen LogP contribution in [0, 0.1) is 5.82 Å². The van der Waals surface area contributed by atoms with E-state index in [1.54, 1.807) is 23.1 Å². The second-order valence-corrected chi connectivity index (χ2v) is 4.97. The maximum atomic E-state index is 13.9. The van der Waals surface area contributed by atoms with Gasteiger partial charge < -0.3 is 10.2 Å². The summed E-state index contributed by atoms with van der Waals surface area (Å²) in [5.41, 5.74) is -0.144. The molecular formula is C15H21FN2O. The minimum Gasteiger partial charge on any atom is -0.308 e. The predicted octanol–water partition coefficient (Wildman–Crippen LogP) is 2.71. The highest BCUT2D eigenvalue weighted by Crippen LogP contribution is 2.29. The fourth-order valence-corrected chi connectivity index (χ4v) is 2.79. The number of nitrogens with one attached hydrogen (secondary N) is 1. The first-order chi connectivity index (χ1) is 9.14. The summed E-state index contributed by atoms with van der Waals surface area (Å²) in [7, 11) is 0. The Kier molecular flexibility index (Phi) is 4.20. The summed E-state index contributed by atoms with van der Waals surface area (Å²) < 4.78 is 13.9. The Morgan fingerprint density at radius 2 is 2.16 bits per heavy atom. The van der Waals surface area contributed by atoms with Gasteiger partial charge in [0.25, 0.3) is 0 Å². The Bertz CT molecular complexity index is 455. The quantitative estimate of drug-likeness (QED) is 0.907. The largest absolute Gasteiger partial charge is 0.308 e. The van der Waals surface area contributed by atoms with Crippen LogP contribution < -0.4 is 10.2 Å². The summed E-state index contributed by atoms with van der Waals surface area (Å²) in [4.78, 5) is 14.3. The van der Waals surface area contributed by atoms with Gasteiger partial charge in [-0.05, 0) is 44.9 Å². The van der Waals surface area contributed by atoms with Gasteiger partial charge in [-0.15, -0.1) is 0 Å². The van der Waals surface area contributed by atoms with E-state index < -0.39 is 5.54 Å². The molecule has 1 atom stereocenters. The average molecular weight is 264 g/mol. The third kappa shape index (κ3) is 2.50. The zero-order valence-corrected chi connectivity index (χ0v) is 11.6. The number of likely N-dealkylation sites (N-methyl/N-ethyl adjacent to an activating group) is 1. The van der Waals surface area contributed by atoms with Crippen LogP contribution in [-0.4, -0.2) is 24.5 Å². The summed E-state index contributed by atoms with van der Waals surface area (Å²) >= 11 is 0. The highest BCUT2D eigenvalue weighted by Gasteiger charge is 2.42. The van der Waals surface area contributed by atoms with E-state index in [1.165, 1.54) is 6.07 Å². The van der Waals surface area contributed by atoms with Crippen molar-refractivity contribution in [2.75, 3.05) is 18.0 Å². The molecule has 1 N–H and O–H groups in total. The number of nitrogens with zero attached hydrogens (tertiary/aromatic N) is 1. The summed E-state index contributed by atoms with van der Waals surface area (Å²) in [6.45, 7) is 5.21. The molecule has 1 saturated heterocycles. The molecule has 0 radical (unpaired) electrons. The zero-order chi connectivity index (χ0) is 13.9. The molecule has 0 aromatic heterocycles. The van der Waals surface area contributed by atoms with Crippen molar-refractivity contribution in [2.24, 2.45) is 0 Å². The van der Waals surface area contributed by atoms with Crippen molar-refractivity contribution < 1.29 is 9.18 Å². The number of amides is 1. The van der Waals surface area contributed by atoms with Gasteiger partial charge in [-0.25, -0.2) is 4.39 Å². The monoisotopic (exact) mass is 264 g/mol. The van der Waals surface area contributed by atoms with Gasteiger partial charge in [0, 0.05) is 6.54 Å².